The minimum atomic E-state index is 0.120. The van der Waals surface area contributed by atoms with Gasteiger partial charge in [-0.1, -0.05) is 53.9 Å². The summed E-state index contributed by atoms with van der Waals surface area (Å²) >= 11 is 14.7. The average Bonchev–Trinajstić information content (AvgIpc) is 1.65. The van der Waals surface area contributed by atoms with E-state index in [0.29, 0.717) is 0 Å². The number of hydrogen-bond acceptors (Lipinski definition) is 0. The standard InChI is InChI=1S/C4H7Cl.CHBr3/c1-3-4(2)5;2-1(3)4/h3-4H,1H2,2H3;1H. The smallest absolute Gasteiger partial charge is 0.119 e. The fraction of sp³-hybridized carbons (Fsp3) is 0.600. The Hall–Kier alpha value is 1.47. The van der Waals surface area contributed by atoms with Crippen molar-refractivity contribution in [3.63, 3.8) is 0 Å². The maximum atomic E-state index is 5.34. The van der Waals surface area contributed by atoms with E-state index in [-0.39, 0.29) is 8.02 Å². The van der Waals surface area contributed by atoms with E-state index in [9.17, 15) is 0 Å². The highest BCUT2D eigenvalue weighted by molar-refractivity contribution is 9.38. The van der Waals surface area contributed by atoms with Gasteiger partial charge in [-0.2, -0.15) is 0 Å². The molecule has 0 nitrogen and oxygen atoms in total. The van der Waals surface area contributed by atoms with Crippen LogP contribution in [0.4, 0.5) is 0 Å². The highest BCUT2D eigenvalue weighted by Crippen LogP contribution is 2.13. The van der Waals surface area contributed by atoms with Crippen LogP contribution < -0.4 is 0 Å². The third-order valence-corrected chi connectivity index (χ3v) is 0.503. The van der Waals surface area contributed by atoms with Crippen LogP contribution in [0, 0.1) is 0 Å². The first-order valence-electron chi connectivity index (χ1n) is 2.19. The van der Waals surface area contributed by atoms with Crippen molar-refractivity contribution in [1.29, 1.82) is 0 Å². The topological polar surface area (TPSA) is 0 Å². The van der Waals surface area contributed by atoms with Crippen molar-refractivity contribution in [3.8, 4) is 0 Å². The molecular weight excluding hydrogens is 335 g/mol. The summed E-state index contributed by atoms with van der Waals surface area (Å²) in [5.41, 5.74) is 0. The predicted molar refractivity (Wildman–Crippen MR) is 56.1 cm³/mol. The molecule has 1 atom stereocenters. The quantitative estimate of drug-likeness (QED) is 0.493. The molecule has 0 aromatic heterocycles. The van der Waals surface area contributed by atoms with Crippen LogP contribution >= 0.6 is 59.4 Å². The Morgan fingerprint density at radius 1 is 1.44 bits per heavy atom. The Kier molecular flexibility index (Phi) is 13.8. The lowest BCUT2D eigenvalue weighted by Crippen LogP contribution is -1.75. The van der Waals surface area contributed by atoms with Gasteiger partial charge in [-0.15, -0.1) is 18.2 Å². The van der Waals surface area contributed by atoms with Crippen LogP contribution in [0.2, 0.25) is 0 Å². The molecule has 9 heavy (non-hydrogen) atoms. The molecule has 0 spiro atoms. The van der Waals surface area contributed by atoms with Crippen LogP contribution in [0.25, 0.3) is 0 Å². The molecule has 0 aromatic rings. The third kappa shape index (κ3) is 43.9. The lowest BCUT2D eigenvalue weighted by molar-refractivity contribution is 1.24. The third-order valence-electron chi connectivity index (χ3n) is 0.325. The molecule has 0 radical (unpaired) electrons. The number of hydrogen-bond donors (Lipinski definition) is 0. The number of halogens is 4. The highest BCUT2D eigenvalue weighted by Gasteiger charge is 1.77. The molecule has 0 aromatic carbocycles. The largest absolute Gasteiger partial charge is 0.124 e. The van der Waals surface area contributed by atoms with E-state index in [1.54, 1.807) is 6.08 Å². The average molecular weight is 343 g/mol. The molecule has 0 heterocycles. The summed E-state index contributed by atoms with van der Waals surface area (Å²) in [6, 6.07) is 0. The van der Waals surface area contributed by atoms with E-state index in [1.807, 2.05) is 6.92 Å². The van der Waals surface area contributed by atoms with Crippen molar-refractivity contribution in [3.05, 3.63) is 12.7 Å². The molecule has 4 heteroatoms. The molecule has 56 valence electrons. The predicted octanol–water partition coefficient (Wildman–Crippen LogP) is 4.25. The molecule has 1 unspecified atom stereocenters. The van der Waals surface area contributed by atoms with E-state index < -0.39 is 0 Å². The summed E-state index contributed by atoms with van der Waals surface area (Å²) in [4.78, 5) is 0. The van der Waals surface area contributed by atoms with Crippen molar-refractivity contribution in [1.82, 2.24) is 0 Å². The Morgan fingerprint density at radius 2 is 1.56 bits per heavy atom. The van der Waals surface area contributed by atoms with E-state index >= 15 is 0 Å². The summed E-state index contributed by atoms with van der Waals surface area (Å²) in [6.07, 6.45) is 1.68. The van der Waals surface area contributed by atoms with E-state index in [4.69, 9.17) is 11.6 Å². The van der Waals surface area contributed by atoms with Crippen LogP contribution in [0.5, 0.6) is 0 Å². The second-order valence-corrected chi connectivity index (χ2v) is 8.28. The van der Waals surface area contributed by atoms with Crippen molar-refractivity contribution in [2.45, 2.75) is 14.9 Å². The Morgan fingerprint density at radius 3 is 1.56 bits per heavy atom. The van der Waals surface area contributed by atoms with Gasteiger partial charge >= 0.3 is 0 Å². The van der Waals surface area contributed by atoms with E-state index in [1.165, 1.54) is 0 Å². The van der Waals surface area contributed by atoms with Gasteiger partial charge in [-0.05, 0) is 6.92 Å². The summed E-state index contributed by atoms with van der Waals surface area (Å²) in [5.74, 6) is 0. The van der Waals surface area contributed by atoms with Crippen molar-refractivity contribution < 1.29 is 0 Å². The van der Waals surface area contributed by atoms with Gasteiger partial charge in [0.1, 0.15) is 2.65 Å². The number of alkyl halides is 4. The van der Waals surface area contributed by atoms with Crippen LogP contribution in [0.3, 0.4) is 0 Å². The summed E-state index contributed by atoms with van der Waals surface area (Å²) in [5, 5.41) is 0.120. The summed E-state index contributed by atoms with van der Waals surface area (Å²) in [6.45, 7) is 5.30. The van der Waals surface area contributed by atoms with Gasteiger partial charge in [0.15, 0.2) is 0 Å². The molecule has 0 N–H and O–H groups in total. The van der Waals surface area contributed by atoms with E-state index in [2.05, 4.69) is 54.4 Å². The first-order valence-corrected chi connectivity index (χ1v) is 5.38. The molecule has 0 bridgehead atoms. The van der Waals surface area contributed by atoms with Gasteiger partial charge < -0.3 is 0 Å². The van der Waals surface area contributed by atoms with Crippen LogP contribution in [-0.4, -0.2) is 8.02 Å². The zero-order chi connectivity index (χ0) is 7.86. The molecule has 0 fully saturated rings. The van der Waals surface area contributed by atoms with Crippen molar-refractivity contribution in [2.24, 2.45) is 0 Å². The molecule has 0 aliphatic rings. The van der Waals surface area contributed by atoms with Gasteiger partial charge in [0.05, 0.1) is 0 Å². The zero-order valence-electron chi connectivity index (χ0n) is 4.95. The highest BCUT2D eigenvalue weighted by atomic mass is 80.0. The minimum absolute atomic E-state index is 0.120. The molecule has 0 saturated carbocycles. The molecule has 0 aliphatic heterocycles. The van der Waals surface area contributed by atoms with Crippen LogP contribution in [0.1, 0.15) is 6.92 Å². The number of allylic oxidation sites excluding steroid dienone is 1. The van der Waals surface area contributed by atoms with Gasteiger partial charge in [0.2, 0.25) is 0 Å². The molecule has 0 saturated heterocycles. The Balaban J connectivity index is 0. The molecule has 0 amide bonds. The Labute approximate surface area is 86.4 Å². The van der Waals surface area contributed by atoms with Gasteiger partial charge in [-0.25, -0.2) is 0 Å². The van der Waals surface area contributed by atoms with Gasteiger partial charge in [-0.3, -0.25) is 0 Å². The summed E-state index contributed by atoms with van der Waals surface area (Å²) in [7, 11) is 0. The molecule has 0 aliphatic carbocycles. The minimum Gasteiger partial charge on any atom is -0.119 e. The normalized spacial score (nSPS) is 11.8. The second kappa shape index (κ2) is 9.47. The van der Waals surface area contributed by atoms with Crippen LogP contribution in [0.15, 0.2) is 12.7 Å². The number of rotatable bonds is 1. The Bertz CT molecular complexity index is 60.5. The first-order chi connectivity index (χ1) is 4.00. The van der Waals surface area contributed by atoms with Crippen LogP contribution in [-0.2, 0) is 0 Å². The van der Waals surface area contributed by atoms with Crippen molar-refractivity contribution >= 4 is 59.4 Å². The van der Waals surface area contributed by atoms with Gasteiger partial charge in [0, 0.05) is 5.38 Å². The maximum Gasteiger partial charge on any atom is 0.124 e. The zero-order valence-corrected chi connectivity index (χ0v) is 10.5. The summed E-state index contributed by atoms with van der Waals surface area (Å²) < 4.78 is 0.271. The van der Waals surface area contributed by atoms with E-state index in [0.717, 1.165) is 0 Å². The SMILES string of the molecule is BrC(Br)Br.C=CC(C)Cl. The fourth-order valence-corrected chi connectivity index (χ4v) is 0. The lowest BCUT2D eigenvalue weighted by atomic mass is 10.5. The maximum absolute atomic E-state index is 5.34. The lowest BCUT2D eigenvalue weighted by Gasteiger charge is -1.81. The fourth-order valence-electron chi connectivity index (χ4n) is 0. The van der Waals surface area contributed by atoms with Crippen molar-refractivity contribution in [2.75, 3.05) is 0 Å². The molecule has 0 rings (SSSR count). The van der Waals surface area contributed by atoms with Gasteiger partial charge in [0.25, 0.3) is 0 Å². The second-order valence-electron chi connectivity index (χ2n) is 1.16. The molecular formula is C5H8Br3Cl. The monoisotopic (exact) mass is 340 g/mol. The first kappa shape index (κ1) is 13.1.